The van der Waals surface area contributed by atoms with E-state index in [1.54, 1.807) is 0 Å². The van der Waals surface area contributed by atoms with E-state index in [2.05, 4.69) is 13.9 Å². The molecule has 0 fully saturated rings. The molecule has 0 aromatic carbocycles. The van der Waals surface area contributed by atoms with E-state index in [0.717, 1.165) is 24.3 Å². The van der Waals surface area contributed by atoms with Gasteiger partial charge in [0.2, 0.25) is 35.4 Å². The van der Waals surface area contributed by atoms with Gasteiger partial charge in [-0.3, -0.25) is 9.35 Å². The zero-order valence-electron chi connectivity index (χ0n) is 13.3. The van der Waals surface area contributed by atoms with Gasteiger partial charge in [-0.25, -0.2) is 8.98 Å². The Morgan fingerprint density at radius 1 is 0.893 bits per heavy atom. The Bertz CT molecular complexity index is 952. The molecule has 0 saturated carbocycles. The maximum Gasteiger partial charge on any atom is 0.398 e. The monoisotopic (exact) mass is 424 g/mol. The number of Topliss-reactive ketones (excluding diaryl/α,β-unsaturated/α-hetero) is 1. The van der Waals surface area contributed by atoms with Gasteiger partial charge in [-0.15, -0.1) is 9.46 Å². The van der Waals surface area contributed by atoms with Crippen LogP contribution in [0.3, 0.4) is 0 Å². The minimum Gasteiger partial charge on any atom is -0.492 e. The van der Waals surface area contributed by atoms with Gasteiger partial charge in [0.1, 0.15) is 0 Å². The van der Waals surface area contributed by atoms with Gasteiger partial charge in [-0.05, 0) is 0 Å². The molecule has 28 heavy (non-hydrogen) atoms. The van der Waals surface area contributed by atoms with Crippen molar-refractivity contribution in [1.29, 1.82) is 0 Å². The number of aliphatic hydroxyl groups is 1. The quantitative estimate of drug-likeness (QED) is 0.144. The molecule has 0 aliphatic heterocycles. The predicted molar refractivity (Wildman–Crippen MR) is 81.1 cm³/mol. The van der Waals surface area contributed by atoms with Crippen molar-refractivity contribution in [2.24, 2.45) is 0 Å². The fourth-order valence-electron chi connectivity index (χ4n) is 1.75. The summed E-state index contributed by atoms with van der Waals surface area (Å²) < 4.78 is 34.6. The van der Waals surface area contributed by atoms with Crippen LogP contribution in [0.5, 0.6) is 23.5 Å². The summed E-state index contributed by atoms with van der Waals surface area (Å²) in [5.41, 5.74) is 0. The van der Waals surface area contributed by atoms with Crippen LogP contribution in [-0.2, 0) is 24.2 Å². The number of ketones is 1. The second-order valence-electron chi connectivity index (χ2n) is 4.86. The van der Waals surface area contributed by atoms with Gasteiger partial charge < -0.3 is 35.2 Å². The number of aromatic nitrogens is 2. The molecule has 0 aliphatic rings. The van der Waals surface area contributed by atoms with E-state index in [9.17, 15) is 43.5 Å². The van der Waals surface area contributed by atoms with Crippen molar-refractivity contribution in [3.8, 4) is 23.5 Å². The van der Waals surface area contributed by atoms with Gasteiger partial charge in [0.05, 0.1) is 0 Å². The number of rotatable bonds is 8. The second kappa shape index (κ2) is 7.64. The van der Waals surface area contributed by atoms with Crippen molar-refractivity contribution in [2.45, 2.75) is 12.4 Å². The fraction of sp³-hybridized carbons (Fsp3) is 0.167. The van der Waals surface area contributed by atoms with E-state index in [4.69, 9.17) is 4.55 Å². The molecule has 2 aromatic rings. The molecule has 0 amide bonds. The van der Waals surface area contributed by atoms with Gasteiger partial charge in [0, 0.05) is 24.3 Å². The number of nitrogens with zero attached hydrogens (tertiary/aromatic N) is 2. The number of aromatic hydroxyl groups is 4. The van der Waals surface area contributed by atoms with E-state index in [1.165, 1.54) is 0 Å². The first-order chi connectivity index (χ1) is 12.9. The highest BCUT2D eigenvalue weighted by molar-refractivity contribution is 7.81. The predicted octanol–water partition coefficient (Wildman–Crippen LogP) is -2.73. The SMILES string of the molecule is O=C(On1c(O)ccc1O)C(OS(=O)(=O)O)C(=O)C(O)On1c(O)ccc1O. The third kappa shape index (κ3) is 4.62. The van der Waals surface area contributed by atoms with Crippen LogP contribution in [0.15, 0.2) is 24.3 Å². The number of carbonyl (C=O) groups excluding carboxylic acids is 2. The first kappa shape index (κ1) is 20.8. The molecule has 0 aliphatic carbocycles. The Balaban J connectivity index is 2.26. The Kier molecular flexibility index (Phi) is 5.69. The molecule has 15 nitrogen and oxygen atoms in total. The van der Waals surface area contributed by atoms with Gasteiger partial charge >= 0.3 is 16.4 Å². The Labute approximate surface area is 154 Å². The van der Waals surface area contributed by atoms with Crippen molar-refractivity contribution in [3.63, 3.8) is 0 Å². The number of hydrogen-bond acceptors (Lipinski definition) is 12. The fourth-order valence-corrected chi connectivity index (χ4v) is 2.17. The zero-order chi connectivity index (χ0) is 21.2. The Hall–Kier alpha value is -3.47. The molecule has 2 aromatic heterocycles. The van der Waals surface area contributed by atoms with Crippen LogP contribution in [-0.4, -0.2) is 72.1 Å². The van der Waals surface area contributed by atoms with Crippen molar-refractivity contribution in [3.05, 3.63) is 24.3 Å². The summed E-state index contributed by atoms with van der Waals surface area (Å²) in [5.74, 6) is -7.07. The Morgan fingerprint density at radius 3 is 1.75 bits per heavy atom. The van der Waals surface area contributed by atoms with Crippen molar-refractivity contribution < 1.29 is 62.0 Å². The van der Waals surface area contributed by atoms with E-state index in [0.29, 0.717) is 0 Å². The summed E-state index contributed by atoms with van der Waals surface area (Å²) in [6, 6.07) is 3.51. The molecule has 2 unspecified atom stereocenters. The highest BCUT2D eigenvalue weighted by Gasteiger charge is 2.40. The zero-order valence-corrected chi connectivity index (χ0v) is 14.1. The first-order valence-electron chi connectivity index (χ1n) is 6.87. The third-order valence-electron chi connectivity index (χ3n) is 2.92. The number of aliphatic hydroxyl groups excluding tert-OH is 1. The third-order valence-corrected chi connectivity index (χ3v) is 3.35. The molecule has 154 valence electrons. The van der Waals surface area contributed by atoms with Crippen molar-refractivity contribution in [2.75, 3.05) is 0 Å². The average molecular weight is 424 g/mol. The largest absolute Gasteiger partial charge is 0.492 e. The lowest BCUT2D eigenvalue weighted by molar-refractivity contribution is -0.175. The minimum atomic E-state index is -5.45. The van der Waals surface area contributed by atoms with Crippen LogP contribution in [0.25, 0.3) is 0 Å². The van der Waals surface area contributed by atoms with E-state index in [1.807, 2.05) is 0 Å². The minimum absolute atomic E-state index is 0.0623. The summed E-state index contributed by atoms with van der Waals surface area (Å²) in [7, 11) is -5.45. The molecule has 16 heteroatoms. The molecule has 0 spiro atoms. The summed E-state index contributed by atoms with van der Waals surface area (Å²) >= 11 is 0. The van der Waals surface area contributed by atoms with Crippen molar-refractivity contribution >= 4 is 22.2 Å². The van der Waals surface area contributed by atoms with Crippen LogP contribution in [0.4, 0.5) is 0 Å². The van der Waals surface area contributed by atoms with Gasteiger partial charge in [-0.2, -0.15) is 8.42 Å². The highest BCUT2D eigenvalue weighted by Crippen LogP contribution is 2.21. The van der Waals surface area contributed by atoms with Crippen LogP contribution in [0, 0.1) is 0 Å². The summed E-state index contributed by atoms with van der Waals surface area (Å²) in [5, 5.41) is 47.2. The maximum atomic E-state index is 12.1. The van der Waals surface area contributed by atoms with Crippen LogP contribution in [0.2, 0.25) is 0 Å². The molecule has 0 bridgehead atoms. The summed E-state index contributed by atoms with van der Waals surface area (Å²) in [6.45, 7) is 0. The van der Waals surface area contributed by atoms with Crippen LogP contribution >= 0.6 is 0 Å². The van der Waals surface area contributed by atoms with E-state index >= 15 is 0 Å². The van der Waals surface area contributed by atoms with Gasteiger partial charge in [0.25, 0.3) is 6.29 Å². The molecule has 0 radical (unpaired) electrons. The lowest BCUT2D eigenvalue weighted by Crippen LogP contribution is -2.47. The normalized spacial score (nSPS) is 13.6. The molecular formula is C12H12N2O13S. The first-order valence-corrected chi connectivity index (χ1v) is 8.23. The Morgan fingerprint density at radius 2 is 1.32 bits per heavy atom. The number of carbonyl (C=O) groups is 2. The topological polar surface area (TPSA) is 227 Å². The molecule has 2 atom stereocenters. The maximum absolute atomic E-state index is 12.1. The lowest BCUT2D eigenvalue weighted by Gasteiger charge is -2.18. The van der Waals surface area contributed by atoms with Gasteiger partial charge in [-0.1, -0.05) is 0 Å². The molecule has 0 saturated heterocycles. The van der Waals surface area contributed by atoms with Crippen LogP contribution in [0.1, 0.15) is 0 Å². The van der Waals surface area contributed by atoms with E-state index in [-0.39, 0.29) is 9.46 Å². The molecular weight excluding hydrogens is 412 g/mol. The van der Waals surface area contributed by atoms with Gasteiger partial charge in [0.15, 0.2) is 0 Å². The standard InChI is InChI=1S/C12H12N2O13S/c15-5-1-2-6(16)13(5)25-11(20)9(19)10(27-28(22,23)24)12(21)26-14-7(17)3-4-8(14)18/h1-4,10-11,15-18,20H,(H,22,23,24). The van der Waals surface area contributed by atoms with E-state index < -0.39 is 58.1 Å². The molecule has 6 N–H and O–H groups in total. The van der Waals surface area contributed by atoms with Crippen LogP contribution < -0.4 is 9.68 Å². The average Bonchev–Trinajstić information content (AvgIpc) is 3.08. The lowest BCUT2D eigenvalue weighted by atomic mass is 10.2. The highest BCUT2D eigenvalue weighted by atomic mass is 32.3. The summed E-state index contributed by atoms with van der Waals surface area (Å²) in [4.78, 5) is 33.0. The number of hydrogen-bond donors (Lipinski definition) is 6. The second-order valence-corrected chi connectivity index (χ2v) is 5.91. The smallest absolute Gasteiger partial charge is 0.398 e. The molecule has 2 heterocycles. The summed E-state index contributed by atoms with van der Waals surface area (Å²) in [6.07, 6.45) is -5.61. The molecule has 2 rings (SSSR count). The van der Waals surface area contributed by atoms with Crippen molar-refractivity contribution in [1.82, 2.24) is 9.46 Å².